The SMILES string of the molecule is C=C(N=NC)NC(C)=O. The molecule has 0 saturated carbocycles. The predicted molar refractivity (Wildman–Crippen MR) is 33.7 cm³/mol. The number of nitrogens with one attached hydrogen (secondary N) is 1. The Morgan fingerprint density at radius 2 is 2.22 bits per heavy atom. The molecule has 0 aliphatic carbocycles. The Hall–Kier alpha value is -1.19. The molecule has 0 fully saturated rings. The molecule has 1 amide bonds. The maximum Gasteiger partial charge on any atom is 0.222 e. The summed E-state index contributed by atoms with van der Waals surface area (Å²) >= 11 is 0. The monoisotopic (exact) mass is 127 g/mol. The highest BCUT2D eigenvalue weighted by atomic mass is 16.1. The average molecular weight is 127 g/mol. The summed E-state index contributed by atoms with van der Waals surface area (Å²) in [7, 11) is 1.51. The molecule has 0 spiro atoms. The summed E-state index contributed by atoms with van der Waals surface area (Å²) in [4.78, 5) is 10.3. The van der Waals surface area contributed by atoms with Crippen molar-refractivity contribution in [1.82, 2.24) is 5.32 Å². The van der Waals surface area contributed by atoms with Gasteiger partial charge in [0.25, 0.3) is 0 Å². The Labute approximate surface area is 53.7 Å². The third-order valence-corrected chi connectivity index (χ3v) is 0.541. The van der Waals surface area contributed by atoms with E-state index in [1.54, 1.807) is 0 Å². The van der Waals surface area contributed by atoms with Crippen LogP contribution in [0.3, 0.4) is 0 Å². The summed E-state index contributed by atoms with van der Waals surface area (Å²) in [6, 6.07) is 0. The Bertz CT molecular complexity index is 150. The van der Waals surface area contributed by atoms with Crippen LogP contribution in [0.4, 0.5) is 0 Å². The highest BCUT2D eigenvalue weighted by molar-refractivity contribution is 5.74. The molecule has 0 aromatic rings. The van der Waals surface area contributed by atoms with Crippen molar-refractivity contribution in [3.05, 3.63) is 12.4 Å². The molecule has 9 heavy (non-hydrogen) atoms. The van der Waals surface area contributed by atoms with Crippen molar-refractivity contribution in [2.24, 2.45) is 10.2 Å². The van der Waals surface area contributed by atoms with Crippen LogP contribution in [0.5, 0.6) is 0 Å². The molecule has 0 saturated heterocycles. The van der Waals surface area contributed by atoms with Gasteiger partial charge in [-0.1, -0.05) is 6.58 Å². The fourth-order valence-corrected chi connectivity index (χ4v) is 0.349. The maximum absolute atomic E-state index is 10.3. The lowest BCUT2D eigenvalue weighted by molar-refractivity contribution is -0.118. The molecular formula is C5H9N3O. The van der Waals surface area contributed by atoms with Crippen LogP contribution in [0.1, 0.15) is 6.92 Å². The van der Waals surface area contributed by atoms with Gasteiger partial charge in [0.2, 0.25) is 5.91 Å². The van der Waals surface area contributed by atoms with E-state index < -0.39 is 0 Å². The van der Waals surface area contributed by atoms with E-state index in [2.05, 4.69) is 22.1 Å². The fraction of sp³-hybridized carbons (Fsp3) is 0.400. The Balaban J connectivity index is 3.64. The smallest absolute Gasteiger partial charge is 0.222 e. The number of amides is 1. The quantitative estimate of drug-likeness (QED) is 0.545. The van der Waals surface area contributed by atoms with E-state index in [-0.39, 0.29) is 11.7 Å². The van der Waals surface area contributed by atoms with Crippen molar-refractivity contribution in [2.45, 2.75) is 6.92 Å². The number of carbonyl (C=O) groups is 1. The lowest BCUT2D eigenvalue weighted by Crippen LogP contribution is -2.16. The Morgan fingerprint density at radius 3 is 2.56 bits per heavy atom. The molecule has 0 rings (SSSR count). The zero-order valence-electron chi connectivity index (χ0n) is 5.51. The first kappa shape index (κ1) is 7.81. The van der Waals surface area contributed by atoms with Crippen molar-refractivity contribution < 1.29 is 4.79 Å². The van der Waals surface area contributed by atoms with Crippen LogP contribution in [-0.2, 0) is 4.79 Å². The molecule has 0 aliphatic heterocycles. The Kier molecular flexibility index (Phi) is 3.27. The van der Waals surface area contributed by atoms with Crippen LogP contribution in [0, 0.1) is 0 Å². The topological polar surface area (TPSA) is 53.8 Å². The van der Waals surface area contributed by atoms with Gasteiger partial charge in [-0.15, -0.1) is 5.11 Å². The van der Waals surface area contributed by atoms with Gasteiger partial charge < -0.3 is 5.32 Å². The normalized spacial score (nSPS) is 9.56. The van der Waals surface area contributed by atoms with Crippen LogP contribution in [0.2, 0.25) is 0 Å². The number of carbonyl (C=O) groups excluding carboxylic acids is 1. The molecule has 0 unspecified atom stereocenters. The van der Waals surface area contributed by atoms with Crippen LogP contribution in [0.25, 0.3) is 0 Å². The molecule has 0 aliphatic rings. The van der Waals surface area contributed by atoms with E-state index in [4.69, 9.17) is 0 Å². The second kappa shape index (κ2) is 3.77. The van der Waals surface area contributed by atoms with Gasteiger partial charge >= 0.3 is 0 Å². The lowest BCUT2D eigenvalue weighted by atomic mass is 10.7. The largest absolute Gasteiger partial charge is 0.310 e. The molecule has 0 aromatic carbocycles. The fourth-order valence-electron chi connectivity index (χ4n) is 0.349. The van der Waals surface area contributed by atoms with Gasteiger partial charge in [-0.25, -0.2) is 0 Å². The zero-order chi connectivity index (χ0) is 7.28. The minimum atomic E-state index is -0.188. The zero-order valence-corrected chi connectivity index (χ0v) is 5.51. The molecule has 1 N–H and O–H groups in total. The van der Waals surface area contributed by atoms with E-state index in [1.807, 2.05) is 0 Å². The van der Waals surface area contributed by atoms with E-state index in [0.717, 1.165) is 0 Å². The summed E-state index contributed by atoms with van der Waals surface area (Å²) in [6.07, 6.45) is 0. The van der Waals surface area contributed by atoms with Gasteiger partial charge in [0.05, 0.1) is 0 Å². The molecule has 4 nitrogen and oxygen atoms in total. The third kappa shape index (κ3) is 4.67. The standard InChI is InChI=1S/C5H9N3O/c1-4(8-6-3)7-5(2)9/h1H2,2-3H3,(H,7,9). The number of hydrogen-bond acceptors (Lipinski definition) is 3. The van der Waals surface area contributed by atoms with Gasteiger partial charge in [0, 0.05) is 14.0 Å². The number of hydrogen-bond donors (Lipinski definition) is 1. The van der Waals surface area contributed by atoms with Gasteiger partial charge in [-0.05, 0) is 0 Å². The second-order valence-electron chi connectivity index (χ2n) is 1.43. The van der Waals surface area contributed by atoms with Gasteiger partial charge in [0.15, 0.2) is 0 Å². The summed E-state index contributed by atoms with van der Waals surface area (Å²) in [5.74, 6) is 0.0809. The van der Waals surface area contributed by atoms with Crippen LogP contribution >= 0.6 is 0 Å². The van der Waals surface area contributed by atoms with Gasteiger partial charge in [0.1, 0.15) is 5.82 Å². The molecule has 0 heterocycles. The van der Waals surface area contributed by atoms with Crippen LogP contribution in [0.15, 0.2) is 22.6 Å². The van der Waals surface area contributed by atoms with Gasteiger partial charge in [-0.3, -0.25) is 4.79 Å². The lowest BCUT2D eigenvalue weighted by Gasteiger charge is -1.94. The predicted octanol–water partition coefficient (Wildman–Crippen LogP) is 0.676. The summed E-state index contributed by atoms with van der Waals surface area (Å²) in [5.41, 5.74) is 0. The van der Waals surface area contributed by atoms with Crippen LogP contribution < -0.4 is 5.32 Å². The number of nitrogens with zero attached hydrogens (tertiary/aromatic N) is 2. The maximum atomic E-state index is 10.3. The third-order valence-electron chi connectivity index (χ3n) is 0.541. The minimum Gasteiger partial charge on any atom is -0.310 e. The molecule has 0 aromatic heterocycles. The Morgan fingerprint density at radius 1 is 1.67 bits per heavy atom. The number of rotatable bonds is 2. The molecular weight excluding hydrogens is 118 g/mol. The van der Waals surface area contributed by atoms with E-state index >= 15 is 0 Å². The molecule has 0 radical (unpaired) electrons. The molecule has 50 valence electrons. The summed E-state index contributed by atoms with van der Waals surface area (Å²) < 4.78 is 0. The first-order chi connectivity index (χ1) is 4.16. The van der Waals surface area contributed by atoms with E-state index in [9.17, 15) is 4.79 Å². The van der Waals surface area contributed by atoms with E-state index in [1.165, 1.54) is 14.0 Å². The highest BCUT2D eigenvalue weighted by Gasteiger charge is 1.90. The van der Waals surface area contributed by atoms with Crippen LogP contribution in [-0.4, -0.2) is 13.0 Å². The first-order valence-electron chi connectivity index (χ1n) is 2.43. The van der Waals surface area contributed by atoms with Crippen molar-refractivity contribution in [2.75, 3.05) is 7.05 Å². The van der Waals surface area contributed by atoms with Crippen molar-refractivity contribution >= 4 is 5.91 Å². The number of azo groups is 1. The highest BCUT2D eigenvalue weighted by Crippen LogP contribution is 1.84. The summed E-state index contributed by atoms with van der Waals surface area (Å²) in [5, 5.41) is 9.21. The van der Waals surface area contributed by atoms with Gasteiger partial charge in [-0.2, -0.15) is 5.11 Å². The molecule has 0 bridgehead atoms. The molecule has 4 heteroatoms. The summed E-state index contributed by atoms with van der Waals surface area (Å²) in [6.45, 7) is 4.78. The molecule has 0 atom stereocenters. The van der Waals surface area contributed by atoms with Crippen molar-refractivity contribution in [3.8, 4) is 0 Å². The second-order valence-corrected chi connectivity index (χ2v) is 1.43. The minimum absolute atomic E-state index is 0.188. The first-order valence-corrected chi connectivity index (χ1v) is 2.43. The van der Waals surface area contributed by atoms with Crippen molar-refractivity contribution in [3.63, 3.8) is 0 Å². The van der Waals surface area contributed by atoms with E-state index in [0.29, 0.717) is 0 Å². The van der Waals surface area contributed by atoms with Crippen molar-refractivity contribution in [1.29, 1.82) is 0 Å². The average Bonchev–Trinajstić information content (AvgIpc) is 1.63.